The van der Waals surface area contributed by atoms with Gasteiger partial charge >= 0.3 is 0 Å². The Kier molecular flexibility index (Phi) is 5.76. The average Bonchev–Trinajstić information content (AvgIpc) is 3.13. The molecular weight excluding hydrogens is 392 g/mol. The van der Waals surface area contributed by atoms with Crippen molar-refractivity contribution < 1.29 is 18.6 Å². The highest BCUT2D eigenvalue weighted by Crippen LogP contribution is 2.34. The number of halogens is 1. The van der Waals surface area contributed by atoms with Crippen LogP contribution in [0.15, 0.2) is 35.1 Å². The van der Waals surface area contributed by atoms with E-state index in [0.717, 1.165) is 36.8 Å². The number of fused-ring (bicyclic) bond motifs is 1. The molecular formula is C22H25ClN2O4. The monoisotopic (exact) mass is 416 g/mol. The van der Waals surface area contributed by atoms with Gasteiger partial charge in [0.2, 0.25) is 5.88 Å². The van der Waals surface area contributed by atoms with Gasteiger partial charge in [-0.2, -0.15) is 0 Å². The zero-order valence-electron chi connectivity index (χ0n) is 16.9. The van der Waals surface area contributed by atoms with Crippen molar-refractivity contribution in [3.05, 3.63) is 41.4 Å². The molecule has 0 bridgehead atoms. The molecule has 1 unspecified atom stereocenters. The first-order valence-electron chi connectivity index (χ1n) is 9.85. The van der Waals surface area contributed by atoms with Gasteiger partial charge in [-0.1, -0.05) is 23.7 Å². The van der Waals surface area contributed by atoms with Gasteiger partial charge in [0.25, 0.3) is 0 Å². The maximum Gasteiger partial charge on any atom is 0.235 e. The molecule has 1 saturated heterocycles. The second-order valence-electron chi connectivity index (χ2n) is 7.87. The number of furan rings is 1. The van der Waals surface area contributed by atoms with Crippen molar-refractivity contribution in [3.8, 4) is 17.1 Å². The van der Waals surface area contributed by atoms with E-state index in [4.69, 9.17) is 30.2 Å². The molecule has 154 valence electrons. The van der Waals surface area contributed by atoms with Gasteiger partial charge in [-0.25, -0.2) is 9.97 Å². The minimum absolute atomic E-state index is 0.168. The molecule has 4 rings (SSSR count). The van der Waals surface area contributed by atoms with Crippen molar-refractivity contribution in [1.82, 2.24) is 9.97 Å². The predicted octanol–water partition coefficient (Wildman–Crippen LogP) is 5.55. The third kappa shape index (κ3) is 4.55. The number of aromatic nitrogens is 2. The molecule has 0 amide bonds. The summed E-state index contributed by atoms with van der Waals surface area (Å²) in [7, 11) is 0. The minimum atomic E-state index is -0.494. The summed E-state index contributed by atoms with van der Waals surface area (Å²) >= 11 is 6.20. The van der Waals surface area contributed by atoms with Gasteiger partial charge in [0.1, 0.15) is 18.6 Å². The van der Waals surface area contributed by atoms with Gasteiger partial charge in [-0.05, 0) is 46.1 Å². The van der Waals surface area contributed by atoms with Gasteiger partial charge < -0.3 is 18.6 Å². The molecule has 0 N–H and O–H groups in total. The molecule has 1 aliphatic heterocycles. The summed E-state index contributed by atoms with van der Waals surface area (Å²) in [6, 6.07) is 5.64. The number of nitrogens with zero attached hydrogens (tertiary/aromatic N) is 2. The highest BCUT2D eigenvalue weighted by Gasteiger charge is 2.27. The summed E-state index contributed by atoms with van der Waals surface area (Å²) in [5.41, 5.74) is 2.41. The number of ether oxygens (including phenoxy) is 3. The van der Waals surface area contributed by atoms with Crippen molar-refractivity contribution >= 4 is 22.6 Å². The van der Waals surface area contributed by atoms with Gasteiger partial charge in [-0.3, -0.25) is 0 Å². The number of aryl methyl sites for hydroxylation is 1. The molecule has 1 atom stereocenters. The first-order valence-corrected chi connectivity index (χ1v) is 10.2. The van der Waals surface area contributed by atoms with E-state index in [9.17, 15) is 0 Å². The Hall–Kier alpha value is -2.15. The van der Waals surface area contributed by atoms with E-state index in [1.807, 2.05) is 32.9 Å². The highest BCUT2D eigenvalue weighted by molar-refractivity contribution is 6.35. The Balaban J connectivity index is 1.46. The molecule has 6 nitrogen and oxygen atoms in total. The summed E-state index contributed by atoms with van der Waals surface area (Å²) in [5.74, 6) is 0.487. The van der Waals surface area contributed by atoms with Crippen molar-refractivity contribution in [1.29, 1.82) is 0 Å². The lowest BCUT2D eigenvalue weighted by Gasteiger charge is -2.32. The van der Waals surface area contributed by atoms with Crippen LogP contribution in [0.1, 0.15) is 38.8 Å². The Morgan fingerprint density at radius 2 is 2.14 bits per heavy atom. The van der Waals surface area contributed by atoms with Crippen LogP contribution in [-0.4, -0.2) is 35.1 Å². The van der Waals surface area contributed by atoms with E-state index < -0.39 is 5.60 Å². The smallest absolute Gasteiger partial charge is 0.235 e. The Labute approximate surface area is 175 Å². The molecule has 2 aromatic heterocycles. The van der Waals surface area contributed by atoms with E-state index in [-0.39, 0.29) is 6.29 Å². The summed E-state index contributed by atoms with van der Waals surface area (Å²) in [4.78, 5) is 9.12. The molecule has 3 aromatic rings. The fourth-order valence-electron chi connectivity index (χ4n) is 3.40. The fraction of sp³-hybridized carbons (Fsp3) is 0.455. The van der Waals surface area contributed by atoms with Crippen LogP contribution in [0.4, 0.5) is 0 Å². The number of rotatable bonds is 6. The van der Waals surface area contributed by atoms with Crippen LogP contribution in [0.25, 0.3) is 22.2 Å². The Bertz CT molecular complexity index is 996. The van der Waals surface area contributed by atoms with E-state index in [1.165, 1.54) is 0 Å². The van der Waals surface area contributed by atoms with Crippen LogP contribution in [0.2, 0.25) is 5.02 Å². The minimum Gasteiger partial charge on any atom is -0.473 e. The molecule has 1 fully saturated rings. The second kappa shape index (κ2) is 8.30. The number of hydrogen-bond donors (Lipinski definition) is 0. The molecule has 29 heavy (non-hydrogen) atoms. The van der Waals surface area contributed by atoms with E-state index in [2.05, 4.69) is 9.97 Å². The Morgan fingerprint density at radius 3 is 2.90 bits per heavy atom. The molecule has 0 spiro atoms. The molecule has 1 aromatic carbocycles. The topological polar surface area (TPSA) is 66.6 Å². The zero-order valence-corrected chi connectivity index (χ0v) is 17.7. The maximum atomic E-state index is 6.20. The summed E-state index contributed by atoms with van der Waals surface area (Å²) in [6.07, 6.45) is 6.31. The average molecular weight is 417 g/mol. The van der Waals surface area contributed by atoms with Crippen LogP contribution in [-0.2, 0) is 9.47 Å². The third-order valence-electron chi connectivity index (χ3n) is 4.87. The van der Waals surface area contributed by atoms with Crippen LogP contribution in [0, 0.1) is 6.92 Å². The lowest BCUT2D eigenvalue weighted by molar-refractivity contribution is -0.221. The molecule has 7 heteroatoms. The first kappa shape index (κ1) is 20.1. The number of para-hydroxylation sites is 1. The van der Waals surface area contributed by atoms with E-state index in [1.54, 1.807) is 18.5 Å². The van der Waals surface area contributed by atoms with Crippen molar-refractivity contribution in [2.45, 2.75) is 51.9 Å². The standard InChI is InChI=1S/C22H25ClN2O4/c1-14-21(28-13-22(2,3)29-19-9-4-5-10-26-19)24-11-18(25-14)16-12-27-20-15(16)7-6-8-17(20)23/h6-8,11-12,19H,4-5,9-10,13H2,1-3H3. The van der Waals surface area contributed by atoms with Gasteiger partial charge in [0.15, 0.2) is 11.9 Å². The normalized spacial score (nSPS) is 17.6. The fourth-order valence-corrected chi connectivity index (χ4v) is 3.62. The second-order valence-corrected chi connectivity index (χ2v) is 8.28. The van der Waals surface area contributed by atoms with Crippen molar-refractivity contribution in [2.24, 2.45) is 0 Å². The van der Waals surface area contributed by atoms with Crippen LogP contribution >= 0.6 is 11.6 Å². The predicted molar refractivity (Wildman–Crippen MR) is 111 cm³/mol. The third-order valence-corrected chi connectivity index (χ3v) is 5.17. The van der Waals surface area contributed by atoms with Gasteiger partial charge in [0.05, 0.1) is 22.5 Å². The van der Waals surface area contributed by atoms with Crippen molar-refractivity contribution in [2.75, 3.05) is 13.2 Å². The maximum absolute atomic E-state index is 6.20. The summed E-state index contributed by atoms with van der Waals surface area (Å²) in [6.45, 7) is 6.96. The molecule has 0 saturated carbocycles. The van der Waals surface area contributed by atoms with Gasteiger partial charge in [0, 0.05) is 17.6 Å². The highest BCUT2D eigenvalue weighted by atomic mass is 35.5. The molecule has 3 heterocycles. The molecule has 0 radical (unpaired) electrons. The Morgan fingerprint density at radius 1 is 1.28 bits per heavy atom. The lowest BCUT2D eigenvalue weighted by Crippen LogP contribution is -2.39. The van der Waals surface area contributed by atoms with Crippen molar-refractivity contribution in [3.63, 3.8) is 0 Å². The summed E-state index contributed by atoms with van der Waals surface area (Å²) < 4.78 is 23.3. The zero-order chi connectivity index (χ0) is 20.4. The van der Waals surface area contributed by atoms with E-state index in [0.29, 0.717) is 34.5 Å². The van der Waals surface area contributed by atoms with E-state index >= 15 is 0 Å². The van der Waals surface area contributed by atoms with Crippen LogP contribution in [0.5, 0.6) is 5.88 Å². The molecule has 1 aliphatic rings. The quantitative estimate of drug-likeness (QED) is 0.524. The lowest BCUT2D eigenvalue weighted by atomic mass is 10.1. The van der Waals surface area contributed by atoms with Crippen LogP contribution in [0.3, 0.4) is 0 Å². The summed E-state index contributed by atoms with van der Waals surface area (Å²) in [5, 5.41) is 1.48. The van der Waals surface area contributed by atoms with Crippen LogP contribution < -0.4 is 4.74 Å². The SMILES string of the molecule is Cc1nc(-c2coc3c(Cl)cccc23)cnc1OCC(C)(C)OC1CCCCO1. The first-order chi connectivity index (χ1) is 13.9. The van der Waals surface area contributed by atoms with Gasteiger partial charge in [-0.15, -0.1) is 0 Å². The molecule has 0 aliphatic carbocycles. The largest absolute Gasteiger partial charge is 0.473 e. The number of hydrogen-bond acceptors (Lipinski definition) is 6. The number of benzene rings is 1.